The lowest BCUT2D eigenvalue weighted by molar-refractivity contribution is 0.0606. The molecule has 0 aliphatic carbocycles. The Hall–Kier alpha value is -1.31. The van der Waals surface area contributed by atoms with E-state index < -0.39 is 0 Å². The van der Waals surface area contributed by atoms with E-state index in [4.69, 9.17) is 20.3 Å². The van der Waals surface area contributed by atoms with E-state index in [-0.39, 0.29) is 18.6 Å². The van der Waals surface area contributed by atoms with Crippen LogP contribution in [0.4, 0.5) is 5.69 Å². The van der Waals surface area contributed by atoms with Gasteiger partial charge in [-0.15, -0.1) is 11.3 Å². The van der Waals surface area contributed by atoms with Crippen molar-refractivity contribution in [2.45, 2.75) is 6.04 Å². The molecule has 0 aromatic carbocycles. The standard InChI is InChI=1S/C11H16N2O4S/c1-16-11(15)10-9-8(6-18-10)17-3-2-13(9)4-7(12)5-14/h6-7,14H,2-5,12H2,1H3/t7-/m0/s1. The van der Waals surface area contributed by atoms with Gasteiger partial charge in [-0.2, -0.15) is 0 Å². The topological polar surface area (TPSA) is 85.0 Å². The smallest absolute Gasteiger partial charge is 0.350 e. The maximum absolute atomic E-state index is 11.7. The molecule has 1 aliphatic heterocycles. The van der Waals surface area contributed by atoms with Gasteiger partial charge in [0.15, 0.2) is 5.75 Å². The van der Waals surface area contributed by atoms with Gasteiger partial charge in [0, 0.05) is 18.0 Å². The van der Waals surface area contributed by atoms with Crippen LogP contribution in [0.25, 0.3) is 0 Å². The Morgan fingerprint density at radius 1 is 1.78 bits per heavy atom. The molecule has 1 aromatic heterocycles. The molecular weight excluding hydrogens is 256 g/mol. The SMILES string of the molecule is COC(=O)c1scc2c1N(C[C@H](N)CO)CCO2. The van der Waals surface area contributed by atoms with Crippen LogP contribution >= 0.6 is 11.3 Å². The summed E-state index contributed by atoms with van der Waals surface area (Å²) in [5, 5.41) is 10.8. The van der Waals surface area contributed by atoms with Crippen LogP contribution in [0, 0.1) is 0 Å². The number of nitrogens with two attached hydrogens (primary N) is 1. The summed E-state index contributed by atoms with van der Waals surface area (Å²) in [4.78, 5) is 14.1. The normalized spacial score (nSPS) is 15.8. The van der Waals surface area contributed by atoms with E-state index in [9.17, 15) is 4.79 Å². The maximum Gasteiger partial charge on any atom is 0.350 e. The van der Waals surface area contributed by atoms with Gasteiger partial charge in [-0.3, -0.25) is 0 Å². The molecule has 2 rings (SSSR count). The van der Waals surface area contributed by atoms with E-state index >= 15 is 0 Å². The minimum Gasteiger partial charge on any atom is -0.489 e. The number of aliphatic hydroxyl groups is 1. The molecule has 7 heteroatoms. The van der Waals surface area contributed by atoms with E-state index in [1.54, 1.807) is 5.38 Å². The Labute approximate surface area is 109 Å². The Kier molecular flexibility index (Phi) is 4.05. The number of carbonyl (C=O) groups excluding carboxylic acids is 1. The van der Waals surface area contributed by atoms with E-state index in [1.165, 1.54) is 18.4 Å². The van der Waals surface area contributed by atoms with Crippen molar-refractivity contribution in [1.82, 2.24) is 0 Å². The highest BCUT2D eigenvalue weighted by molar-refractivity contribution is 7.13. The van der Waals surface area contributed by atoms with Crippen LogP contribution in [-0.4, -0.2) is 50.5 Å². The van der Waals surface area contributed by atoms with Crippen molar-refractivity contribution in [2.75, 3.05) is 38.3 Å². The molecule has 0 saturated heterocycles. The fourth-order valence-electron chi connectivity index (χ4n) is 1.88. The summed E-state index contributed by atoms with van der Waals surface area (Å²) in [5.74, 6) is 0.297. The number of anilines is 1. The third kappa shape index (κ3) is 2.43. The van der Waals surface area contributed by atoms with Gasteiger partial charge in [0.2, 0.25) is 0 Å². The van der Waals surface area contributed by atoms with Gasteiger partial charge in [-0.25, -0.2) is 4.79 Å². The number of fused-ring (bicyclic) bond motifs is 1. The first-order chi connectivity index (χ1) is 8.67. The van der Waals surface area contributed by atoms with Crippen molar-refractivity contribution < 1.29 is 19.4 Å². The molecule has 2 heterocycles. The van der Waals surface area contributed by atoms with Gasteiger partial charge >= 0.3 is 5.97 Å². The van der Waals surface area contributed by atoms with E-state index in [0.29, 0.717) is 30.3 Å². The molecule has 0 fully saturated rings. The summed E-state index contributed by atoms with van der Waals surface area (Å²) in [6.45, 7) is 1.57. The van der Waals surface area contributed by atoms with Crippen molar-refractivity contribution >= 4 is 23.0 Å². The predicted octanol–water partition coefficient (Wildman–Crippen LogP) is 0.0531. The van der Waals surface area contributed by atoms with E-state index in [1.807, 2.05) is 4.90 Å². The van der Waals surface area contributed by atoms with Crippen LogP contribution < -0.4 is 15.4 Å². The highest BCUT2D eigenvalue weighted by Gasteiger charge is 2.28. The summed E-state index contributed by atoms with van der Waals surface area (Å²) < 4.78 is 10.3. The van der Waals surface area contributed by atoms with Gasteiger partial charge in [-0.05, 0) is 0 Å². The summed E-state index contributed by atoms with van der Waals surface area (Å²) in [5.41, 5.74) is 6.47. The zero-order chi connectivity index (χ0) is 13.1. The fourth-order valence-corrected chi connectivity index (χ4v) is 2.80. The fraction of sp³-hybridized carbons (Fsp3) is 0.545. The monoisotopic (exact) mass is 272 g/mol. The molecule has 0 bridgehead atoms. The number of hydrogen-bond acceptors (Lipinski definition) is 7. The summed E-state index contributed by atoms with van der Waals surface area (Å²) in [6, 6.07) is -0.346. The van der Waals surface area contributed by atoms with Gasteiger partial charge in [0.05, 0.1) is 20.3 Å². The highest BCUT2D eigenvalue weighted by Crippen LogP contribution is 2.40. The second kappa shape index (κ2) is 5.55. The zero-order valence-corrected chi connectivity index (χ0v) is 10.9. The number of hydrogen-bond donors (Lipinski definition) is 2. The minimum absolute atomic E-state index is 0.0929. The molecule has 0 saturated carbocycles. The van der Waals surface area contributed by atoms with Gasteiger partial charge in [0.1, 0.15) is 17.2 Å². The molecule has 1 aliphatic rings. The number of nitrogens with zero attached hydrogens (tertiary/aromatic N) is 1. The maximum atomic E-state index is 11.7. The number of esters is 1. The molecule has 3 N–H and O–H groups in total. The highest BCUT2D eigenvalue weighted by atomic mass is 32.1. The second-order valence-corrected chi connectivity index (χ2v) is 4.89. The predicted molar refractivity (Wildman–Crippen MR) is 68.4 cm³/mol. The molecule has 100 valence electrons. The molecule has 18 heavy (non-hydrogen) atoms. The van der Waals surface area contributed by atoms with Crippen LogP contribution in [0.5, 0.6) is 5.75 Å². The van der Waals surface area contributed by atoms with Crippen molar-refractivity contribution in [2.24, 2.45) is 5.73 Å². The van der Waals surface area contributed by atoms with Crippen molar-refractivity contribution in [3.8, 4) is 5.75 Å². The van der Waals surface area contributed by atoms with Gasteiger partial charge in [-0.1, -0.05) is 0 Å². The first-order valence-corrected chi connectivity index (χ1v) is 6.49. The second-order valence-electron chi connectivity index (χ2n) is 4.01. The van der Waals surface area contributed by atoms with Crippen LogP contribution in [0.15, 0.2) is 5.38 Å². The molecule has 0 amide bonds. The van der Waals surface area contributed by atoms with Gasteiger partial charge < -0.3 is 25.2 Å². The Morgan fingerprint density at radius 3 is 3.22 bits per heavy atom. The summed E-state index contributed by atoms with van der Waals surface area (Å²) >= 11 is 1.29. The van der Waals surface area contributed by atoms with E-state index in [2.05, 4.69) is 0 Å². The average molecular weight is 272 g/mol. The number of carbonyl (C=O) groups is 1. The Morgan fingerprint density at radius 2 is 2.56 bits per heavy atom. The van der Waals surface area contributed by atoms with Crippen molar-refractivity contribution in [3.05, 3.63) is 10.3 Å². The number of aliphatic hydroxyl groups excluding tert-OH is 1. The molecule has 0 radical (unpaired) electrons. The first kappa shape index (κ1) is 13.1. The molecule has 1 atom stereocenters. The average Bonchev–Trinajstić information content (AvgIpc) is 2.82. The van der Waals surface area contributed by atoms with Crippen molar-refractivity contribution in [3.63, 3.8) is 0 Å². The lowest BCUT2D eigenvalue weighted by Crippen LogP contribution is -2.43. The Balaban J connectivity index is 2.28. The molecule has 0 spiro atoms. The minimum atomic E-state index is -0.380. The van der Waals surface area contributed by atoms with Crippen LogP contribution in [0.3, 0.4) is 0 Å². The Bertz CT molecular complexity index is 435. The van der Waals surface area contributed by atoms with Crippen molar-refractivity contribution in [1.29, 1.82) is 0 Å². The van der Waals surface area contributed by atoms with E-state index in [0.717, 1.165) is 5.69 Å². The number of methoxy groups -OCH3 is 1. The van der Waals surface area contributed by atoms with Crippen LogP contribution in [0.1, 0.15) is 9.67 Å². The molecule has 6 nitrogen and oxygen atoms in total. The zero-order valence-electron chi connectivity index (χ0n) is 10.1. The molecular formula is C11H16N2O4S. The van der Waals surface area contributed by atoms with Gasteiger partial charge in [0.25, 0.3) is 0 Å². The third-order valence-corrected chi connectivity index (χ3v) is 3.66. The van der Waals surface area contributed by atoms with Crippen LogP contribution in [0.2, 0.25) is 0 Å². The first-order valence-electron chi connectivity index (χ1n) is 5.61. The lowest BCUT2D eigenvalue weighted by atomic mass is 10.2. The third-order valence-electron chi connectivity index (χ3n) is 2.73. The number of ether oxygens (including phenoxy) is 2. The summed E-state index contributed by atoms with van der Waals surface area (Å²) in [6.07, 6.45) is 0. The molecule has 1 aromatic rings. The molecule has 0 unspecified atom stereocenters. The summed E-state index contributed by atoms with van der Waals surface area (Å²) in [7, 11) is 1.35. The number of thiophene rings is 1. The quantitative estimate of drug-likeness (QED) is 0.754. The van der Waals surface area contributed by atoms with Crippen LogP contribution in [-0.2, 0) is 4.74 Å². The largest absolute Gasteiger partial charge is 0.489 e. The lowest BCUT2D eigenvalue weighted by Gasteiger charge is -2.31. The number of rotatable bonds is 4.